The number of hydrogen-bond donors (Lipinski definition) is 4. The van der Waals surface area contributed by atoms with Crippen molar-refractivity contribution in [1.82, 2.24) is 9.55 Å². The van der Waals surface area contributed by atoms with Gasteiger partial charge in [-0.05, 0) is 12.3 Å². The summed E-state index contributed by atoms with van der Waals surface area (Å²) in [4.78, 5) is 15.3. The van der Waals surface area contributed by atoms with Crippen LogP contribution < -0.4 is 5.73 Å². The number of carbonyl (C=O) groups excluding carboxylic acids is 1. The molecule has 1 amide bonds. The van der Waals surface area contributed by atoms with Crippen LogP contribution in [0.1, 0.15) is 42.2 Å². The van der Waals surface area contributed by atoms with Crippen LogP contribution in [0, 0.1) is 11.8 Å². The molecule has 1 aromatic rings. The van der Waals surface area contributed by atoms with Crippen LogP contribution in [0.4, 0.5) is 0 Å². The Morgan fingerprint density at radius 3 is 2.77 bits per heavy atom. The number of amides is 1. The van der Waals surface area contributed by atoms with E-state index in [2.05, 4.69) is 16.8 Å². The number of ether oxygens (including phenoxy) is 1. The molecule has 8 heteroatoms. The number of imidazole rings is 1. The van der Waals surface area contributed by atoms with Crippen LogP contribution in [0.2, 0.25) is 0 Å². The molecule has 1 aliphatic rings. The highest BCUT2D eigenvalue weighted by Crippen LogP contribution is 2.30. The monoisotopic (exact) mass is 309 g/mol. The highest BCUT2D eigenvalue weighted by atomic mass is 16.6. The molecule has 8 nitrogen and oxygen atoms in total. The first-order chi connectivity index (χ1) is 10.5. The molecule has 5 N–H and O–H groups in total. The standard InChI is InChI=1S/C14H19N3O5/c1-2-3-4-5-8-10(13(15)21)16-7-17(8)14-12(20)11(19)9(6-18)22-14/h7,9,11-12,14,18-20H,2-3,6H2,1H3,(H2,15,21)/t9-,11-,12-,14-/m1/s1. The predicted molar refractivity (Wildman–Crippen MR) is 75.5 cm³/mol. The summed E-state index contributed by atoms with van der Waals surface area (Å²) in [6.45, 7) is 1.52. The second-order valence-electron chi connectivity index (χ2n) is 4.99. The Bertz CT molecular complexity index is 603. The number of aromatic nitrogens is 2. The lowest BCUT2D eigenvalue weighted by Crippen LogP contribution is -2.33. The van der Waals surface area contributed by atoms with Gasteiger partial charge in [0.25, 0.3) is 5.91 Å². The summed E-state index contributed by atoms with van der Waals surface area (Å²) in [5.41, 5.74) is 5.46. The van der Waals surface area contributed by atoms with E-state index in [9.17, 15) is 15.0 Å². The average molecular weight is 309 g/mol. The summed E-state index contributed by atoms with van der Waals surface area (Å²) in [6.07, 6.45) is -1.70. The largest absolute Gasteiger partial charge is 0.394 e. The maximum absolute atomic E-state index is 11.4. The van der Waals surface area contributed by atoms with Crippen molar-refractivity contribution in [1.29, 1.82) is 0 Å². The Morgan fingerprint density at radius 2 is 2.23 bits per heavy atom. The minimum absolute atomic E-state index is 0.0265. The van der Waals surface area contributed by atoms with E-state index < -0.39 is 37.1 Å². The number of nitrogens with zero attached hydrogens (tertiary/aromatic N) is 2. The number of nitrogens with two attached hydrogens (primary N) is 1. The Balaban J connectivity index is 2.39. The van der Waals surface area contributed by atoms with Crippen LogP contribution in [0.15, 0.2) is 6.33 Å². The molecule has 1 saturated heterocycles. The lowest BCUT2D eigenvalue weighted by Gasteiger charge is -2.17. The van der Waals surface area contributed by atoms with Crippen molar-refractivity contribution in [2.75, 3.05) is 6.61 Å². The fraction of sp³-hybridized carbons (Fsp3) is 0.571. The Hall–Kier alpha value is -1.92. The van der Waals surface area contributed by atoms with E-state index in [-0.39, 0.29) is 11.4 Å². The van der Waals surface area contributed by atoms with E-state index in [0.717, 1.165) is 6.42 Å². The van der Waals surface area contributed by atoms with Gasteiger partial charge in [0.1, 0.15) is 24.0 Å². The van der Waals surface area contributed by atoms with Crippen molar-refractivity contribution in [2.24, 2.45) is 5.73 Å². The predicted octanol–water partition coefficient (Wildman–Crippen LogP) is -1.25. The minimum atomic E-state index is -1.28. The van der Waals surface area contributed by atoms with Crippen LogP contribution >= 0.6 is 0 Å². The lowest BCUT2D eigenvalue weighted by molar-refractivity contribution is -0.0531. The molecule has 0 unspecified atom stereocenters. The van der Waals surface area contributed by atoms with Crippen molar-refractivity contribution in [3.8, 4) is 11.8 Å². The summed E-state index contributed by atoms with van der Waals surface area (Å²) in [5, 5.41) is 29.0. The number of carbonyl (C=O) groups is 1. The molecule has 0 aromatic carbocycles. The fourth-order valence-corrected chi connectivity index (χ4v) is 2.24. The van der Waals surface area contributed by atoms with Gasteiger partial charge in [-0.1, -0.05) is 12.8 Å². The quantitative estimate of drug-likeness (QED) is 0.514. The van der Waals surface area contributed by atoms with Crippen LogP contribution in [0.3, 0.4) is 0 Å². The van der Waals surface area contributed by atoms with Gasteiger partial charge in [-0.25, -0.2) is 4.98 Å². The molecule has 0 aliphatic carbocycles. The second-order valence-corrected chi connectivity index (χ2v) is 4.99. The summed E-state index contributed by atoms with van der Waals surface area (Å²) < 4.78 is 6.77. The molecule has 0 radical (unpaired) electrons. The third kappa shape index (κ3) is 2.98. The molecule has 4 atom stereocenters. The topological polar surface area (TPSA) is 131 Å². The van der Waals surface area contributed by atoms with Crippen molar-refractivity contribution in [3.05, 3.63) is 17.7 Å². The molecule has 0 saturated carbocycles. The van der Waals surface area contributed by atoms with Gasteiger partial charge in [0, 0.05) is 6.42 Å². The highest BCUT2D eigenvalue weighted by molar-refractivity contribution is 5.93. The molecule has 120 valence electrons. The lowest BCUT2D eigenvalue weighted by atomic mass is 10.1. The number of aliphatic hydroxyl groups excluding tert-OH is 3. The summed E-state index contributed by atoms with van der Waals surface area (Å²) >= 11 is 0. The molecule has 0 spiro atoms. The number of hydrogen-bond acceptors (Lipinski definition) is 6. The first-order valence-electron chi connectivity index (χ1n) is 6.99. The van der Waals surface area contributed by atoms with Gasteiger partial charge >= 0.3 is 0 Å². The van der Waals surface area contributed by atoms with Crippen LogP contribution in [-0.2, 0) is 4.74 Å². The van der Waals surface area contributed by atoms with Crippen molar-refractivity contribution >= 4 is 5.91 Å². The minimum Gasteiger partial charge on any atom is -0.394 e. The highest BCUT2D eigenvalue weighted by Gasteiger charge is 2.44. The van der Waals surface area contributed by atoms with Crippen molar-refractivity contribution < 1.29 is 24.9 Å². The molecule has 22 heavy (non-hydrogen) atoms. The molecule has 2 heterocycles. The maximum atomic E-state index is 11.4. The van der Waals surface area contributed by atoms with Crippen LogP contribution in [-0.4, -0.2) is 55.7 Å². The zero-order valence-electron chi connectivity index (χ0n) is 12.1. The van der Waals surface area contributed by atoms with Gasteiger partial charge < -0.3 is 25.8 Å². The van der Waals surface area contributed by atoms with Crippen LogP contribution in [0.5, 0.6) is 0 Å². The molecule has 1 aliphatic heterocycles. The SMILES string of the molecule is CCCC#Cc1c(C(N)=O)ncn1[C@@H]1O[C@H](CO)[C@@H](O)[C@H]1O. The summed E-state index contributed by atoms with van der Waals surface area (Å²) in [6, 6.07) is 0. The van der Waals surface area contributed by atoms with E-state index in [1.54, 1.807) is 0 Å². The summed E-state index contributed by atoms with van der Waals surface area (Å²) in [7, 11) is 0. The van der Waals surface area contributed by atoms with Crippen LogP contribution in [0.25, 0.3) is 0 Å². The molecule has 0 bridgehead atoms. The van der Waals surface area contributed by atoms with Gasteiger partial charge in [0.2, 0.25) is 0 Å². The van der Waals surface area contributed by atoms with Gasteiger partial charge in [-0.2, -0.15) is 0 Å². The Morgan fingerprint density at radius 1 is 1.50 bits per heavy atom. The number of primary amides is 1. The molecular weight excluding hydrogens is 290 g/mol. The van der Waals surface area contributed by atoms with E-state index in [0.29, 0.717) is 6.42 Å². The first kappa shape index (κ1) is 16.5. The van der Waals surface area contributed by atoms with Gasteiger partial charge in [-0.3, -0.25) is 9.36 Å². The fourth-order valence-electron chi connectivity index (χ4n) is 2.24. The Kier molecular flexibility index (Phi) is 5.15. The van der Waals surface area contributed by atoms with E-state index in [4.69, 9.17) is 15.6 Å². The van der Waals surface area contributed by atoms with E-state index in [1.807, 2.05) is 6.92 Å². The molecule has 1 aromatic heterocycles. The first-order valence-corrected chi connectivity index (χ1v) is 6.99. The number of rotatable bonds is 4. The van der Waals surface area contributed by atoms with Gasteiger partial charge in [0.05, 0.1) is 12.9 Å². The Labute approximate surface area is 127 Å². The van der Waals surface area contributed by atoms with Gasteiger partial charge in [0.15, 0.2) is 11.9 Å². The second kappa shape index (κ2) is 6.89. The molecular formula is C14H19N3O5. The molecule has 2 rings (SSSR count). The van der Waals surface area contributed by atoms with Crippen molar-refractivity contribution in [3.63, 3.8) is 0 Å². The third-order valence-electron chi connectivity index (χ3n) is 3.40. The van der Waals surface area contributed by atoms with Crippen molar-refractivity contribution in [2.45, 2.75) is 44.3 Å². The number of unbranched alkanes of at least 4 members (excludes halogenated alkanes) is 1. The van der Waals surface area contributed by atoms with E-state index in [1.165, 1.54) is 10.9 Å². The zero-order valence-corrected chi connectivity index (χ0v) is 12.1. The van der Waals surface area contributed by atoms with E-state index >= 15 is 0 Å². The smallest absolute Gasteiger partial charge is 0.270 e. The maximum Gasteiger partial charge on any atom is 0.270 e. The molecule has 1 fully saturated rings. The van der Waals surface area contributed by atoms with Gasteiger partial charge in [-0.15, -0.1) is 0 Å². The average Bonchev–Trinajstić information content (AvgIpc) is 3.02. The third-order valence-corrected chi connectivity index (χ3v) is 3.40. The number of aliphatic hydroxyl groups is 3. The zero-order chi connectivity index (χ0) is 16.3. The summed E-state index contributed by atoms with van der Waals surface area (Å²) in [5.74, 6) is 4.94. The normalized spacial score (nSPS) is 27.5.